The van der Waals surface area contributed by atoms with Crippen molar-refractivity contribution in [3.8, 4) is 0 Å². The quantitative estimate of drug-likeness (QED) is 0.824. The van der Waals surface area contributed by atoms with E-state index in [9.17, 15) is 5.11 Å². The van der Waals surface area contributed by atoms with Gasteiger partial charge in [-0.25, -0.2) is 0 Å². The summed E-state index contributed by atoms with van der Waals surface area (Å²) in [5.74, 6) is 0.436. The van der Waals surface area contributed by atoms with Gasteiger partial charge in [-0.2, -0.15) is 0 Å². The number of rotatable bonds is 2. The number of hydrogen-bond acceptors (Lipinski definition) is 2. The molecule has 1 saturated heterocycles. The number of nitrogens with zero attached hydrogens (tertiary/aromatic N) is 1. The van der Waals surface area contributed by atoms with Gasteiger partial charge >= 0.3 is 0 Å². The molecule has 0 aromatic heterocycles. The summed E-state index contributed by atoms with van der Waals surface area (Å²) in [6.45, 7) is 6.02. The Labute approximate surface area is 97.9 Å². The highest BCUT2D eigenvalue weighted by atomic mass is 16.3. The zero-order chi connectivity index (χ0) is 11.9. The summed E-state index contributed by atoms with van der Waals surface area (Å²) in [4.78, 5) is 2.26. The first kappa shape index (κ1) is 11.6. The van der Waals surface area contributed by atoms with E-state index in [4.69, 9.17) is 0 Å². The third kappa shape index (κ3) is 1.76. The smallest absolute Gasteiger partial charge is 0.0752 e. The molecule has 0 radical (unpaired) electrons. The molecule has 0 bridgehead atoms. The molecule has 2 nitrogen and oxygen atoms in total. The van der Waals surface area contributed by atoms with Crippen molar-refractivity contribution in [1.29, 1.82) is 0 Å². The predicted octanol–water partition coefficient (Wildman–Crippen LogP) is 2.24. The topological polar surface area (TPSA) is 23.5 Å². The summed E-state index contributed by atoms with van der Waals surface area (Å²) in [5.41, 5.74) is 0.683. The van der Waals surface area contributed by atoms with Crippen LogP contribution in [0.25, 0.3) is 0 Å². The minimum atomic E-state index is -0.651. The van der Waals surface area contributed by atoms with Gasteiger partial charge in [0.05, 0.1) is 5.60 Å². The number of hydrogen-bond donors (Lipinski definition) is 1. The van der Waals surface area contributed by atoms with Crippen molar-refractivity contribution in [1.82, 2.24) is 4.90 Å². The Hall–Kier alpha value is -0.860. The lowest BCUT2D eigenvalue weighted by Gasteiger charge is -2.57. The lowest BCUT2D eigenvalue weighted by Crippen LogP contribution is -2.66. The first-order valence-electron chi connectivity index (χ1n) is 5.92. The highest BCUT2D eigenvalue weighted by molar-refractivity contribution is 5.28. The first-order valence-corrected chi connectivity index (χ1v) is 5.92. The molecule has 1 aliphatic rings. The van der Waals surface area contributed by atoms with E-state index in [-0.39, 0.29) is 6.04 Å². The molecule has 16 heavy (non-hydrogen) atoms. The van der Waals surface area contributed by atoms with Crippen LogP contribution in [0.2, 0.25) is 0 Å². The van der Waals surface area contributed by atoms with E-state index in [1.165, 1.54) is 5.56 Å². The van der Waals surface area contributed by atoms with Gasteiger partial charge < -0.3 is 5.11 Å². The van der Waals surface area contributed by atoms with E-state index in [2.05, 4.69) is 43.1 Å². The molecular formula is C14H21NO. The summed E-state index contributed by atoms with van der Waals surface area (Å²) < 4.78 is 0. The van der Waals surface area contributed by atoms with E-state index in [1.54, 1.807) is 0 Å². The zero-order valence-electron chi connectivity index (χ0n) is 10.5. The number of likely N-dealkylation sites (tertiary alicyclic amines) is 1. The van der Waals surface area contributed by atoms with E-state index in [1.807, 2.05) is 19.9 Å². The van der Waals surface area contributed by atoms with E-state index in [0.717, 1.165) is 0 Å². The fourth-order valence-corrected chi connectivity index (χ4v) is 3.00. The zero-order valence-corrected chi connectivity index (χ0v) is 10.5. The molecule has 1 aliphatic heterocycles. The minimum absolute atomic E-state index is 0.213. The predicted molar refractivity (Wildman–Crippen MR) is 66.5 cm³/mol. The number of likely N-dealkylation sites (N-methyl/N-ethyl adjacent to an activating group) is 1. The van der Waals surface area contributed by atoms with Gasteiger partial charge in [-0.15, -0.1) is 0 Å². The second kappa shape index (κ2) is 3.86. The standard InChI is InChI=1S/C14H21NO/c1-10-12(11-8-6-5-7-9-11)13(15(10)4)14(2,3)16/h5-10,12-13,16H,1-4H3/t10-,12+,13-/m0/s1. The van der Waals surface area contributed by atoms with Crippen LogP contribution >= 0.6 is 0 Å². The maximum absolute atomic E-state index is 10.2. The van der Waals surface area contributed by atoms with Crippen LogP contribution in [-0.2, 0) is 0 Å². The van der Waals surface area contributed by atoms with Crippen molar-refractivity contribution < 1.29 is 5.11 Å². The summed E-state index contributed by atoms with van der Waals surface area (Å²) in [6.07, 6.45) is 0. The van der Waals surface area contributed by atoms with Gasteiger partial charge in [-0.3, -0.25) is 4.90 Å². The van der Waals surface area contributed by atoms with Crippen molar-refractivity contribution in [2.75, 3.05) is 7.05 Å². The van der Waals surface area contributed by atoms with Gasteiger partial charge in [-0.1, -0.05) is 30.3 Å². The van der Waals surface area contributed by atoms with Crippen LogP contribution in [0.4, 0.5) is 0 Å². The molecule has 2 heteroatoms. The monoisotopic (exact) mass is 219 g/mol. The molecule has 0 spiro atoms. The molecule has 1 aromatic rings. The Bertz CT molecular complexity index is 355. The largest absolute Gasteiger partial charge is 0.389 e. The fraction of sp³-hybridized carbons (Fsp3) is 0.571. The Morgan fingerprint density at radius 1 is 1.19 bits per heavy atom. The number of aliphatic hydroxyl groups is 1. The third-order valence-electron chi connectivity index (χ3n) is 3.85. The average Bonchev–Trinajstić information content (AvgIpc) is 2.23. The molecule has 0 unspecified atom stereocenters. The van der Waals surface area contributed by atoms with Crippen LogP contribution in [0.3, 0.4) is 0 Å². The molecule has 1 heterocycles. The van der Waals surface area contributed by atoms with Crippen molar-refractivity contribution in [2.24, 2.45) is 0 Å². The molecule has 0 saturated carbocycles. The van der Waals surface area contributed by atoms with E-state index >= 15 is 0 Å². The molecule has 2 rings (SSSR count). The highest BCUT2D eigenvalue weighted by Crippen LogP contribution is 2.43. The second-order valence-corrected chi connectivity index (χ2v) is 5.44. The van der Waals surface area contributed by atoms with Crippen molar-refractivity contribution >= 4 is 0 Å². The third-order valence-corrected chi connectivity index (χ3v) is 3.85. The van der Waals surface area contributed by atoms with Gasteiger partial charge in [0.1, 0.15) is 0 Å². The van der Waals surface area contributed by atoms with Crippen LogP contribution < -0.4 is 0 Å². The summed E-state index contributed by atoms with van der Waals surface area (Å²) >= 11 is 0. The van der Waals surface area contributed by atoms with Crippen LogP contribution in [0.5, 0.6) is 0 Å². The van der Waals surface area contributed by atoms with Gasteiger partial charge in [0.2, 0.25) is 0 Å². The van der Waals surface area contributed by atoms with E-state index < -0.39 is 5.60 Å². The highest BCUT2D eigenvalue weighted by Gasteiger charge is 2.50. The lowest BCUT2D eigenvalue weighted by molar-refractivity contribution is -0.104. The fourth-order valence-electron chi connectivity index (χ4n) is 3.00. The van der Waals surface area contributed by atoms with Crippen LogP contribution in [0, 0.1) is 0 Å². The van der Waals surface area contributed by atoms with Gasteiger partial charge in [0.25, 0.3) is 0 Å². The lowest BCUT2D eigenvalue weighted by atomic mass is 9.70. The Morgan fingerprint density at radius 3 is 2.25 bits per heavy atom. The van der Waals surface area contributed by atoms with Gasteiger partial charge in [-0.05, 0) is 33.4 Å². The summed E-state index contributed by atoms with van der Waals surface area (Å²) in [6, 6.07) is 11.2. The summed E-state index contributed by atoms with van der Waals surface area (Å²) in [7, 11) is 2.09. The molecule has 0 aliphatic carbocycles. The number of benzene rings is 1. The Kier molecular flexibility index (Phi) is 2.81. The van der Waals surface area contributed by atoms with Crippen molar-refractivity contribution in [2.45, 2.75) is 44.4 Å². The second-order valence-electron chi connectivity index (χ2n) is 5.44. The van der Waals surface area contributed by atoms with Crippen LogP contribution in [0.1, 0.15) is 32.3 Å². The normalized spacial score (nSPS) is 31.2. The maximum atomic E-state index is 10.2. The summed E-state index contributed by atoms with van der Waals surface area (Å²) in [5, 5.41) is 10.2. The van der Waals surface area contributed by atoms with Crippen molar-refractivity contribution in [3.05, 3.63) is 35.9 Å². The molecule has 0 amide bonds. The van der Waals surface area contributed by atoms with Crippen molar-refractivity contribution in [3.63, 3.8) is 0 Å². The van der Waals surface area contributed by atoms with Crippen LogP contribution in [-0.4, -0.2) is 34.7 Å². The van der Waals surface area contributed by atoms with E-state index in [0.29, 0.717) is 12.0 Å². The molecule has 1 aromatic carbocycles. The average molecular weight is 219 g/mol. The molecule has 88 valence electrons. The Balaban J connectivity index is 2.28. The first-order chi connectivity index (χ1) is 7.43. The van der Waals surface area contributed by atoms with Crippen LogP contribution in [0.15, 0.2) is 30.3 Å². The molecule has 3 atom stereocenters. The minimum Gasteiger partial charge on any atom is -0.389 e. The molecule has 1 fully saturated rings. The molecular weight excluding hydrogens is 198 g/mol. The van der Waals surface area contributed by atoms with Gasteiger partial charge in [0.15, 0.2) is 0 Å². The van der Waals surface area contributed by atoms with Gasteiger partial charge in [0, 0.05) is 18.0 Å². The SMILES string of the molecule is C[C@H]1[C@H](c2ccccc2)[C@@H](C(C)(C)O)N1C. The maximum Gasteiger partial charge on any atom is 0.0752 e. The molecule has 1 N–H and O–H groups in total. The Morgan fingerprint density at radius 2 is 1.75 bits per heavy atom.